The molecule has 2 rings (SSSR count). The number of hydrogen-bond acceptors (Lipinski definition) is 6. The summed E-state index contributed by atoms with van der Waals surface area (Å²) in [5.74, 6) is 0. The number of anilines is 1. The van der Waals surface area contributed by atoms with Crippen LogP contribution in [0, 0.1) is 20.2 Å². The fourth-order valence-corrected chi connectivity index (χ4v) is 1.69. The molecule has 1 aromatic carbocycles. The molecule has 0 atom stereocenters. The summed E-state index contributed by atoms with van der Waals surface area (Å²) in [6.07, 6.45) is 3.40. The van der Waals surface area contributed by atoms with Gasteiger partial charge in [0.2, 0.25) is 0 Å². The van der Waals surface area contributed by atoms with E-state index in [1.165, 1.54) is 12.1 Å². The standard InChI is InChI=1S/C11H11N5O4/c1-14-7-8(6-13-14)5-12-10-3-2-9(15(17)18)4-11(10)16(19)20/h2-4,6-7,12H,5H2,1H3. The van der Waals surface area contributed by atoms with Gasteiger partial charge in [-0.25, -0.2) is 0 Å². The van der Waals surface area contributed by atoms with Gasteiger partial charge < -0.3 is 5.32 Å². The maximum absolute atomic E-state index is 10.9. The van der Waals surface area contributed by atoms with Crippen LogP contribution in [0.5, 0.6) is 0 Å². The first-order chi connectivity index (χ1) is 9.47. The van der Waals surface area contributed by atoms with Gasteiger partial charge in [0.15, 0.2) is 0 Å². The third-order valence-corrected chi connectivity index (χ3v) is 2.63. The Bertz CT molecular complexity index is 667. The van der Waals surface area contributed by atoms with Crippen LogP contribution in [0.1, 0.15) is 5.56 Å². The zero-order valence-electron chi connectivity index (χ0n) is 10.5. The molecule has 0 spiro atoms. The highest BCUT2D eigenvalue weighted by Gasteiger charge is 2.19. The van der Waals surface area contributed by atoms with E-state index < -0.39 is 9.85 Å². The van der Waals surface area contributed by atoms with Crippen molar-refractivity contribution in [3.8, 4) is 0 Å². The first-order valence-electron chi connectivity index (χ1n) is 5.61. The molecule has 0 aliphatic carbocycles. The Morgan fingerprint density at radius 3 is 2.60 bits per heavy atom. The quantitative estimate of drug-likeness (QED) is 0.658. The number of nitro groups is 2. The molecule has 9 heteroatoms. The highest BCUT2D eigenvalue weighted by Crippen LogP contribution is 2.29. The smallest absolute Gasteiger partial charge is 0.299 e. The number of benzene rings is 1. The van der Waals surface area contributed by atoms with Crippen molar-refractivity contribution in [3.05, 3.63) is 56.4 Å². The number of nitrogens with zero attached hydrogens (tertiary/aromatic N) is 4. The summed E-state index contributed by atoms with van der Waals surface area (Å²) in [5.41, 5.74) is 0.427. The third kappa shape index (κ3) is 2.88. The number of rotatable bonds is 5. The van der Waals surface area contributed by atoms with Gasteiger partial charge in [-0.2, -0.15) is 5.10 Å². The fourth-order valence-electron chi connectivity index (χ4n) is 1.69. The maximum atomic E-state index is 10.9. The van der Waals surface area contributed by atoms with E-state index in [1.54, 1.807) is 24.1 Å². The van der Waals surface area contributed by atoms with Crippen molar-refractivity contribution in [2.45, 2.75) is 6.54 Å². The zero-order valence-corrected chi connectivity index (χ0v) is 10.5. The average molecular weight is 277 g/mol. The minimum absolute atomic E-state index is 0.226. The summed E-state index contributed by atoms with van der Waals surface area (Å²) in [6.45, 7) is 0.340. The molecule has 1 N–H and O–H groups in total. The SMILES string of the molecule is Cn1cc(CNc2ccc([N+](=O)[O-])cc2[N+](=O)[O-])cn1. The van der Waals surface area contributed by atoms with Crippen molar-refractivity contribution in [1.82, 2.24) is 9.78 Å². The molecule has 0 fully saturated rings. The van der Waals surface area contributed by atoms with Gasteiger partial charge in [-0.15, -0.1) is 0 Å². The summed E-state index contributed by atoms with van der Waals surface area (Å²) < 4.78 is 1.61. The Hall–Kier alpha value is -2.97. The second-order valence-electron chi connectivity index (χ2n) is 4.09. The van der Waals surface area contributed by atoms with Gasteiger partial charge in [-0.1, -0.05) is 0 Å². The number of aryl methyl sites for hydroxylation is 1. The van der Waals surface area contributed by atoms with Crippen molar-refractivity contribution in [1.29, 1.82) is 0 Å². The van der Waals surface area contributed by atoms with Gasteiger partial charge in [-0.3, -0.25) is 24.9 Å². The molecule has 0 saturated heterocycles. The first kappa shape index (κ1) is 13.5. The number of non-ortho nitro benzene ring substituents is 1. The van der Waals surface area contributed by atoms with E-state index in [0.717, 1.165) is 11.6 Å². The summed E-state index contributed by atoms with van der Waals surface area (Å²) in [4.78, 5) is 20.2. The number of aromatic nitrogens is 2. The highest BCUT2D eigenvalue weighted by molar-refractivity contribution is 5.65. The third-order valence-electron chi connectivity index (χ3n) is 2.63. The molecule has 0 unspecified atom stereocenters. The predicted molar refractivity (Wildman–Crippen MR) is 70.3 cm³/mol. The molecular weight excluding hydrogens is 266 g/mol. The van der Waals surface area contributed by atoms with Gasteiger partial charge in [0.1, 0.15) is 5.69 Å². The molecule has 0 amide bonds. The molecule has 1 aromatic heterocycles. The molecule has 0 saturated carbocycles. The second kappa shape index (κ2) is 5.34. The second-order valence-corrected chi connectivity index (χ2v) is 4.09. The lowest BCUT2D eigenvalue weighted by atomic mass is 10.2. The molecule has 104 valence electrons. The van der Waals surface area contributed by atoms with E-state index in [0.29, 0.717) is 6.54 Å². The minimum Gasteiger partial charge on any atom is -0.375 e. The van der Waals surface area contributed by atoms with E-state index in [-0.39, 0.29) is 17.1 Å². The van der Waals surface area contributed by atoms with E-state index in [9.17, 15) is 20.2 Å². The van der Waals surface area contributed by atoms with Gasteiger partial charge in [0.05, 0.1) is 22.1 Å². The van der Waals surface area contributed by atoms with E-state index >= 15 is 0 Å². The van der Waals surface area contributed by atoms with Gasteiger partial charge in [0.25, 0.3) is 11.4 Å². The Kier molecular flexibility index (Phi) is 3.60. The largest absolute Gasteiger partial charge is 0.375 e. The fraction of sp³-hybridized carbons (Fsp3) is 0.182. The Labute approximate surface area is 113 Å². The summed E-state index contributed by atoms with van der Waals surface area (Å²) >= 11 is 0. The van der Waals surface area contributed by atoms with Crippen molar-refractivity contribution in [2.75, 3.05) is 5.32 Å². The Morgan fingerprint density at radius 2 is 2.05 bits per heavy atom. The minimum atomic E-state index is -0.669. The normalized spacial score (nSPS) is 10.2. The summed E-state index contributed by atoms with van der Waals surface area (Å²) in [6, 6.07) is 3.48. The lowest BCUT2D eigenvalue weighted by Gasteiger charge is -2.05. The van der Waals surface area contributed by atoms with Crippen LogP contribution in [0.2, 0.25) is 0 Å². The zero-order chi connectivity index (χ0) is 14.7. The van der Waals surface area contributed by atoms with Crippen LogP contribution >= 0.6 is 0 Å². The van der Waals surface area contributed by atoms with Gasteiger partial charge in [-0.05, 0) is 6.07 Å². The molecule has 0 radical (unpaired) electrons. The van der Waals surface area contributed by atoms with Crippen molar-refractivity contribution < 1.29 is 9.85 Å². The van der Waals surface area contributed by atoms with E-state index in [4.69, 9.17) is 0 Å². The molecule has 0 aliphatic heterocycles. The number of nitro benzene ring substituents is 2. The topological polar surface area (TPSA) is 116 Å². The van der Waals surface area contributed by atoms with Crippen LogP contribution < -0.4 is 5.32 Å². The van der Waals surface area contributed by atoms with Crippen molar-refractivity contribution in [2.24, 2.45) is 7.05 Å². The van der Waals surface area contributed by atoms with Crippen molar-refractivity contribution >= 4 is 17.1 Å². The van der Waals surface area contributed by atoms with Crippen LogP contribution in [0.4, 0.5) is 17.1 Å². The average Bonchev–Trinajstić information content (AvgIpc) is 2.81. The molecular formula is C11H11N5O4. The van der Waals surface area contributed by atoms with Crippen LogP contribution in [0.15, 0.2) is 30.6 Å². The first-order valence-corrected chi connectivity index (χ1v) is 5.61. The monoisotopic (exact) mass is 277 g/mol. The molecule has 0 bridgehead atoms. The highest BCUT2D eigenvalue weighted by atomic mass is 16.6. The molecule has 20 heavy (non-hydrogen) atoms. The van der Waals surface area contributed by atoms with Crippen LogP contribution in [-0.4, -0.2) is 19.6 Å². The Morgan fingerprint density at radius 1 is 1.30 bits per heavy atom. The van der Waals surface area contributed by atoms with E-state index in [1.807, 2.05) is 0 Å². The molecule has 0 aliphatic rings. The molecule has 9 nitrogen and oxygen atoms in total. The predicted octanol–water partition coefficient (Wildman–Crippen LogP) is 1.85. The summed E-state index contributed by atoms with van der Waals surface area (Å²) in [7, 11) is 1.76. The van der Waals surface area contributed by atoms with Crippen molar-refractivity contribution in [3.63, 3.8) is 0 Å². The van der Waals surface area contributed by atoms with Crippen LogP contribution in [-0.2, 0) is 13.6 Å². The summed E-state index contributed by atoms with van der Waals surface area (Å²) in [5, 5.41) is 28.4. The number of hydrogen-bond donors (Lipinski definition) is 1. The van der Waals surface area contributed by atoms with Crippen LogP contribution in [0.25, 0.3) is 0 Å². The number of nitrogens with one attached hydrogen (secondary N) is 1. The van der Waals surface area contributed by atoms with E-state index in [2.05, 4.69) is 10.4 Å². The maximum Gasteiger partial charge on any atom is 0.299 e. The van der Waals surface area contributed by atoms with Gasteiger partial charge in [0, 0.05) is 31.4 Å². The van der Waals surface area contributed by atoms with Crippen LogP contribution in [0.3, 0.4) is 0 Å². The molecule has 1 heterocycles. The van der Waals surface area contributed by atoms with Gasteiger partial charge >= 0.3 is 0 Å². The lowest BCUT2D eigenvalue weighted by molar-refractivity contribution is -0.393. The molecule has 2 aromatic rings. The lowest BCUT2D eigenvalue weighted by Crippen LogP contribution is -2.03. The Balaban J connectivity index is 2.22.